The zero-order chi connectivity index (χ0) is 17.5. The summed E-state index contributed by atoms with van der Waals surface area (Å²) < 4.78 is 6.17. The van der Waals surface area contributed by atoms with Crippen molar-refractivity contribution >= 4 is 5.91 Å². The molecular weight excluding hydrogens is 300 g/mol. The predicted molar refractivity (Wildman–Crippen MR) is 98.1 cm³/mol. The van der Waals surface area contributed by atoms with E-state index >= 15 is 0 Å². The van der Waals surface area contributed by atoms with Crippen molar-refractivity contribution in [1.82, 2.24) is 4.90 Å². The van der Waals surface area contributed by atoms with Crippen LogP contribution in [0.4, 0.5) is 0 Å². The van der Waals surface area contributed by atoms with E-state index in [0.29, 0.717) is 6.42 Å². The Morgan fingerprint density at radius 1 is 1.33 bits per heavy atom. The quantitative estimate of drug-likeness (QED) is 0.792. The van der Waals surface area contributed by atoms with Gasteiger partial charge in [0, 0.05) is 24.7 Å². The van der Waals surface area contributed by atoms with Crippen LogP contribution in [0.15, 0.2) is 24.3 Å². The highest BCUT2D eigenvalue weighted by atomic mass is 16.5. The normalized spacial score (nSPS) is 21.5. The van der Waals surface area contributed by atoms with Crippen molar-refractivity contribution in [3.8, 4) is 5.75 Å². The molecule has 4 nitrogen and oxygen atoms in total. The SMILES string of the molecule is CCCC(CC)Oc1ccccc1CC(=O)N(C)[C@H]1CC[C@H](N)C1. The van der Waals surface area contributed by atoms with Gasteiger partial charge in [-0.15, -0.1) is 0 Å². The van der Waals surface area contributed by atoms with Gasteiger partial charge in [-0.25, -0.2) is 0 Å². The molecular formula is C20H32N2O2. The third-order valence-electron chi connectivity index (χ3n) is 5.06. The van der Waals surface area contributed by atoms with E-state index in [1.807, 2.05) is 36.2 Å². The monoisotopic (exact) mass is 332 g/mol. The average Bonchev–Trinajstić information content (AvgIpc) is 3.01. The van der Waals surface area contributed by atoms with Crippen LogP contribution in [-0.2, 0) is 11.2 Å². The van der Waals surface area contributed by atoms with E-state index in [2.05, 4.69) is 13.8 Å². The van der Waals surface area contributed by atoms with Gasteiger partial charge < -0.3 is 15.4 Å². The summed E-state index contributed by atoms with van der Waals surface area (Å²) in [6.07, 6.45) is 6.67. The van der Waals surface area contributed by atoms with Gasteiger partial charge in [0.15, 0.2) is 0 Å². The Morgan fingerprint density at radius 3 is 2.71 bits per heavy atom. The number of hydrogen-bond donors (Lipinski definition) is 1. The van der Waals surface area contributed by atoms with Gasteiger partial charge in [0.25, 0.3) is 0 Å². The highest BCUT2D eigenvalue weighted by molar-refractivity contribution is 5.79. The molecule has 0 radical (unpaired) electrons. The summed E-state index contributed by atoms with van der Waals surface area (Å²) in [6, 6.07) is 8.44. The van der Waals surface area contributed by atoms with E-state index in [1.54, 1.807) is 0 Å². The minimum Gasteiger partial charge on any atom is -0.490 e. The Labute approximate surface area is 146 Å². The largest absolute Gasteiger partial charge is 0.490 e. The van der Waals surface area contributed by atoms with Crippen LogP contribution in [0.3, 0.4) is 0 Å². The Bertz CT molecular complexity index is 532. The maximum Gasteiger partial charge on any atom is 0.227 e. The summed E-state index contributed by atoms with van der Waals surface area (Å²) >= 11 is 0. The standard InChI is InChI=1S/C20H32N2O2/c1-4-8-18(5-2)24-19-10-7-6-9-15(19)13-20(23)22(3)17-12-11-16(21)14-17/h6-7,9-10,16-18H,4-5,8,11-14,21H2,1-3H3/t16-,17-,18?/m0/s1. The summed E-state index contributed by atoms with van der Waals surface area (Å²) in [7, 11) is 1.90. The first-order valence-corrected chi connectivity index (χ1v) is 9.30. The van der Waals surface area contributed by atoms with E-state index in [0.717, 1.165) is 49.8 Å². The number of para-hydroxylation sites is 1. The van der Waals surface area contributed by atoms with Gasteiger partial charge in [0.05, 0.1) is 12.5 Å². The number of benzene rings is 1. The van der Waals surface area contributed by atoms with Gasteiger partial charge in [-0.2, -0.15) is 0 Å². The van der Waals surface area contributed by atoms with Gasteiger partial charge in [-0.1, -0.05) is 38.5 Å². The second-order valence-electron chi connectivity index (χ2n) is 6.95. The molecule has 134 valence electrons. The summed E-state index contributed by atoms with van der Waals surface area (Å²) in [4.78, 5) is 14.6. The smallest absolute Gasteiger partial charge is 0.227 e. The topological polar surface area (TPSA) is 55.6 Å². The van der Waals surface area contributed by atoms with Crippen LogP contribution < -0.4 is 10.5 Å². The average molecular weight is 332 g/mol. The number of hydrogen-bond acceptors (Lipinski definition) is 3. The van der Waals surface area contributed by atoms with Gasteiger partial charge in [0.1, 0.15) is 5.75 Å². The van der Waals surface area contributed by atoms with Crippen molar-refractivity contribution in [2.24, 2.45) is 5.73 Å². The van der Waals surface area contributed by atoms with Gasteiger partial charge in [-0.05, 0) is 38.2 Å². The first kappa shape index (κ1) is 18.8. The van der Waals surface area contributed by atoms with Crippen LogP contribution in [0, 0.1) is 0 Å². The number of nitrogens with zero attached hydrogens (tertiary/aromatic N) is 1. The first-order chi connectivity index (χ1) is 11.5. The highest BCUT2D eigenvalue weighted by Crippen LogP contribution is 2.25. The van der Waals surface area contributed by atoms with E-state index in [9.17, 15) is 4.79 Å². The molecule has 1 aromatic carbocycles. The summed E-state index contributed by atoms with van der Waals surface area (Å²) in [5.41, 5.74) is 6.96. The zero-order valence-corrected chi connectivity index (χ0v) is 15.3. The van der Waals surface area contributed by atoms with Crippen LogP contribution in [0.1, 0.15) is 57.9 Å². The molecule has 1 amide bonds. The Kier molecular flexibility index (Phi) is 7.10. The minimum absolute atomic E-state index is 0.147. The molecule has 0 heterocycles. The molecule has 2 N–H and O–H groups in total. The summed E-state index contributed by atoms with van der Waals surface area (Å²) in [6.45, 7) is 4.31. The Morgan fingerprint density at radius 2 is 2.08 bits per heavy atom. The van der Waals surface area contributed by atoms with Crippen molar-refractivity contribution < 1.29 is 9.53 Å². The van der Waals surface area contributed by atoms with Crippen LogP contribution in [-0.4, -0.2) is 36.0 Å². The molecule has 1 fully saturated rings. The van der Waals surface area contributed by atoms with Crippen molar-refractivity contribution in [3.63, 3.8) is 0 Å². The van der Waals surface area contributed by atoms with Crippen molar-refractivity contribution in [2.75, 3.05) is 7.05 Å². The highest BCUT2D eigenvalue weighted by Gasteiger charge is 2.28. The number of carbonyl (C=O) groups is 1. The number of rotatable bonds is 8. The molecule has 0 spiro atoms. The molecule has 1 aliphatic carbocycles. The lowest BCUT2D eigenvalue weighted by Crippen LogP contribution is -2.37. The van der Waals surface area contributed by atoms with E-state index in [4.69, 9.17) is 10.5 Å². The van der Waals surface area contributed by atoms with Crippen LogP contribution in [0.5, 0.6) is 5.75 Å². The fraction of sp³-hybridized carbons (Fsp3) is 0.650. The first-order valence-electron chi connectivity index (χ1n) is 9.30. The number of carbonyl (C=O) groups excluding carboxylic acids is 1. The summed E-state index contributed by atoms with van der Waals surface area (Å²) in [5.74, 6) is 0.997. The van der Waals surface area contributed by atoms with E-state index in [-0.39, 0.29) is 24.1 Å². The molecule has 3 atom stereocenters. The summed E-state index contributed by atoms with van der Waals surface area (Å²) in [5, 5.41) is 0. The van der Waals surface area contributed by atoms with Gasteiger partial charge in [-0.3, -0.25) is 4.79 Å². The number of amides is 1. The number of ether oxygens (including phenoxy) is 1. The maximum absolute atomic E-state index is 12.7. The molecule has 24 heavy (non-hydrogen) atoms. The van der Waals surface area contributed by atoms with E-state index in [1.165, 1.54) is 0 Å². The predicted octanol–water partition coefficient (Wildman–Crippen LogP) is 3.52. The third-order valence-corrected chi connectivity index (χ3v) is 5.06. The molecule has 1 saturated carbocycles. The van der Waals surface area contributed by atoms with Crippen molar-refractivity contribution in [2.45, 2.75) is 77.0 Å². The van der Waals surface area contributed by atoms with Crippen LogP contribution >= 0.6 is 0 Å². The fourth-order valence-electron chi connectivity index (χ4n) is 3.45. The lowest BCUT2D eigenvalue weighted by molar-refractivity contribution is -0.131. The molecule has 0 aliphatic heterocycles. The molecule has 2 rings (SSSR count). The molecule has 0 aromatic heterocycles. The van der Waals surface area contributed by atoms with E-state index < -0.39 is 0 Å². The van der Waals surface area contributed by atoms with Crippen LogP contribution in [0.2, 0.25) is 0 Å². The van der Waals surface area contributed by atoms with Crippen molar-refractivity contribution in [3.05, 3.63) is 29.8 Å². The van der Waals surface area contributed by atoms with Crippen molar-refractivity contribution in [1.29, 1.82) is 0 Å². The number of nitrogens with two attached hydrogens (primary N) is 1. The Hall–Kier alpha value is -1.55. The second kappa shape index (κ2) is 9.07. The Balaban J connectivity index is 2.02. The zero-order valence-electron chi connectivity index (χ0n) is 15.3. The molecule has 0 bridgehead atoms. The minimum atomic E-state index is 0.147. The maximum atomic E-state index is 12.7. The fourth-order valence-corrected chi connectivity index (χ4v) is 3.45. The van der Waals surface area contributed by atoms with Gasteiger partial charge in [0.2, 0.25) is 5.91 Å². The second-order valence-corrected chi connectivity index (χ2v) is 6.95. The van der Waals surface area contributed by atoms with Gasteiger partial charge >= 0.3 is 0 Å². The van der Waals surface area contributed by atoms with Crippen LogP contribution in [0.25, 0.3) is 0 Å². The lowest BCUT2D eigenvalue weighted by Gasteiger charge is -2.25. The molecule has 1 unspecified atom stereocenters. The molecule has 0 saturated heterocycles. The lowest BCUT2D eigenvalue weighted by atomic mass is 10.1. The molecule has 4 heteroatoms. The molecule has 1 aliphatic rings. The number of likely N-dealkylation sites (N-methyl/N-ethyl adjacent to an activating group) is 1. The third kappa shape index (κ3) is 4.97. The molecule has 1 aromatic rings.